The third-order valence-corrected chi connectivity index (χ3v) is 6.28. The predicted molar refractivity (Wildman–Crippen MR) is 118 cm³/mol. The number of primary amides is 1. The molecule has 4 rings (SSSR count). The number of H-pyrrole nitrogens is 1. The van der Waals surface area contributed by atoms with Gasteiger partial charge in [-0.1, -0.05) is 48.6 Å². The summed E-state index contributed by atoms with van der Waals surface area (Å²) in [6, 6.07) is 12.5. The summed E-state index contributed by atoms with van der Waals surface area (Å²) in [4.78, 5) is 20.3. The Morgan fingerprint density at radius 2 is 1.90 bits per heavy atom. The predicted octanol–water partition coefficient (Wildman–Crippen LogP) is 2.95. The zero-order chi connectivity index (χ0) is 20.4. The Labute approximate surface area is 172 Å². The van der Waals surface area contributed by atoms with E-state index in [1.807, 2.05) is 19.1 Å². The van der Waals surface area contributed by atoms with E-state index < -0.39 is 0 Å². The number of nitrogens with two attached hydrogens (primary N) is 1. The Bertz CT molecular complexity index is 935. The van der Waals surface area contributed by atoms with Crippen LogP contribution in [0.15, 0.2) is 54.6 Å². The van der Waals surface area contributed by atoms with Crippen molar-refractivity contribution in [3.05, 3.63) is 77.1 Å². The number of nitrogens with zero attached hydrogens (tertiary/aromatic N) is 2. The molecule has 2 aromatic rings. The van der Waals surface area contributed by atoms with Crippen LogP contribution in [0.5, 0.6) is 0 Å². The van der Waals surface area contributed by atoms with E-state index in [0.29, 0.717) is 5.56 Å². The van der Waals surface area contributed by atoms with E-state index in [1.165, 1.54) is 11.1 Å². The third-order valence-electron chi connectivity index (χ3n) is 6.28. The summed E-state index contributed by atoms with van der Waals surface area (Å²) in [6.45, 7) is 7.11. The smallest absolute Gasteiger partial charge is 0.250 e. The van der Waals surface area contributed by atoms with Gasteiger partial charge in [-0.3, -0.25) is 9.69 Å². The van der Waals surface area contributed by atoms with Gasteiger partial charge >= 0.3 is 0 Å². The van der Waals surface area contributed by atoms with Crippen molar-refractivity contribution in [1.82, 2.24) is 14.8 Å². The minimum absolute atomic E-state index is 0.214. The van der Waals surface area contributed by atoms with E-state index in [2.05, 4.69) is 64.3 Å². The Morgan fingerprint density at radius 3 is 2.55 bits per heavy atom. The van der Waals surface area contributed by atoms with Gasteiger partial charge in [-0.05, 0) is 37.6 Å². The number of allylic oxidation sites excluding steroid dienone is 3. The highest BCUT2D eigenvalue weighted by Crippen LogP contribution is 2.40. The largest absolute Gasteiger partial charge is 0.366 e. The number of hydrogen-bond donors (Lipinski definition) is 2. The minimum atomic E-state index is -0.377. The van der Waals surface area contributed by atoms with Gasteiger partial charge in [0.15, 0.2) is 0 Å². The van der Waals surface area contributed by atoms with Gasteiger partial charge in [0.1, 0.15) is 0 Å². The first-order valence-corrected chi connectivity index (χ1v) is 10.3. The normalized spacial score (nSPS) is 23.2. The molecular formula is C24H30N4O. The van der Waals surface area contributed by atoms with Crippen LogP contribution in [0, 0.1) is 6.92 Å². The van der Waals surface area contributed by atoms with Gasteiger partial charge in [0.05, 0.1) is 5.56 Å². The van der Waals surface area contributed by atoms with Crippen molar-refractivity contribution in [2.45, 2.75) is 18.8 Å². The molecule has 2 aliphatic rings. The fourth-order valence-corrected chi connectivity index (χ4v) is 4.52. The number of rotatable bonds is 5. The summed E-state index contributed by atoms with van der Waals surface area (Å²) in [7, 11) is 2.18. The average Bonchev–Trinajstić information content (AvgIpc) is 3.13. The zero-order valence-corrected chi connectivity index (χ0v) is 17.3. The van der Waals surface area contributed by atoms with Gasteiger partial charge in [0, 0.05) is 49.5 Å². The number of aromatic amines is 1. The summed E-state index contributed by atoms with van der Waals surface area (Å²) >= 11 is 0. The van der Waals surface area contributed by atoms with Gasteiger partial charge < -0.3 is 15.6 Å². The summed E-state index contributed by atoms with van der Waals surface area (Å²) in [6.07, 6.45) is 7.57. The van der Waals surface area contributed by atoms with Gasteiger partial charge in [0.25, 0.3) is 5.91 Å². The van der Waals surface area contributed by atoms with Crippen LogP contribution >= 0.6 is 0 Å². The Balaban J connectivity index is 1.70. The first-order chi connectivity index (χ1) is 14.0. The lowest BCUT2D eigenvalue weighted by atomic mass is 9.73. The molecule has 1 aliphatic heterocycles. The minimum Gasteiger partial charge on any atom is -0.366 e. The molecule has 1 aromatic heterocycles. The molecule has 0 bridgehead atoms. The Hall–Kier alpha value is -2.63. The number of carbonyl (C=O) groups is 1. The summed E-state index contributed by atoms with van der Waals surface area (Å²) in [5.41, 5.74) is 10.5. The molecule has 0 radical (unpaired) electrons. The lowest BCUT2D eigenvalue weighted by Gasteiger charge is -2.41. The number of hydrogen-bond acceptors (Lipinski definition) is 3. The standard InChI is InChI=1S/C24H30N4O/c1-18-21(23(25)29)15-22(26-18)24(17-28-13-11-27(2)12-14-28)10-6-9-20(16-24)19-7-4-3-5-8-19/h3-10,15,26H,11-14,16-17H2,1-2H3,(H2,25,29). The van der Waals surface area contributed by atoms with E-state index in [0.717, 1.165) is 50.5 Å². The maximum absolute atomic E-state index is 11.9. The summed E-state index contributed by atoms with van der Waals surface area (Å²) in [5, 5.41) is 0. The highest BCUT2D eigenvalue weighted by molar-refractivity contribution is 5.94. The SMILES string of the molecule is Cc1[nH]c(C2(CN3CCN(C)CC3)C=CC=C(c3ccccc3)C2)cc1C(N)=O. The van der Waals surface area contributed by atoms with E-state index in [-0.39, 0.29) is 11.3 Å². The number of piperazine rings is 1. The highest BCUT2D eigenvalue weighted by Gasteiger charge is 2.37. The first kappa shape index (κ1) is 19.7. The molecule has 1 unspecified atom stereocenters. The molecule has 1 fully saturated rings. The first-order valence-electron chi connectivity index (χ1n) is 10.3. The van der Waals surface area contributed by atoms with Crippen LogP contribution in [-0.2, 0) is 5.41 Å². The zero-order valence-electron chi connectivity index (χ0n) is 17.3. The molecule has 3 N–H and O–H groups in total. The maximum Gasteiger partial charge on any atom is 0.250 e. The molecule has 5 heteroatoms. The van der Waals surface area contributed by atoms with E-state index in [4.69, 9.17) is 5.73 Å². The van der Waals surface area contributed by atoms with Gasteiger partial charge in [-0.15, -0.1) is 0 Å². The molecule has 5 nitrogen and oxygen atoms in total. The van der Waals surface area contributed by atoms with Crippen LogP contribution in [0.25, 0.3) is 5.57 Å². The van der Waals surface area contributed by atoms with Crippen LogP contribution in [-0.4, -0.2) is 60.5 Å². The van der Waals surface area contributed by atoms with Crippen LogP contribution in [0.3, 0.4) is 0 Å². The molecule has 152 valence electrons. The van der Waals surface area contributed by atoms with Crippen molar-refractivity contribution in [3.63, 3.8) is 0 Å². The number of likely N-dealkylation sites (N-methyl/N-ethyl adjacent to an activating group) is 1. The second-order valence-corrected chi connectivity index (χ2v) is 8.42. The van der Waals surface area contributed by atoms with Crippen molar-refractivity contribution in [1.29, 1.82) is 0 Å². The number of nitrogens with one attached hydrogen (secondary N) is 1. The van der Waals surface area contributed by atoms with Gasteiger partial charge in [0.2, 0.25) is 0 Å². The molecule has 1 saturated heterocycles. The molecule has 1 aliphatic carbocycles. The topological polar surface area (TPSA) is 65.4 Å². The van der Waals surface area contributed by atoms with E-state index in [1.54, 1.807) is 0 Å². The van der Waals surface area contributed by atoms with Crippen LogP contribution < -0.4 is 5.73 Å². The molecule has 2 heterocycles. The van der Waals surface area contributed by atoms with Crippen LogP contribution in [0.4, 0.5) is 0 Å². The molecule has 0 saturated carbocycles. The van der Waals surface area contributed by atoms with Crippen molar-refractivity contribution in [3.8, 4) is 0 Å². The van der Waals surface area contributed by atoms with E-state index in [9.17, 15) is 4.79 Å². The van der Waals surface area contributed by atoms with Crippen LogP contribution in [0.1, 0.15) is 33.7 Å². The number of aromatic nitrogens is 1. The van der Waals surface area contributed by atoms with Crippen molar-refractivity contribution >= 4 is 11.5 Å². The maximum atomic E-state index is 11.9. The number of benzene rings is 1. The molecule has 1 aromatic carbocycles. The quantitative estimate of drug-likeness (QED) is 0.825. The molecule has 1 atom stereocenters. The Kier molecular flexibility index (Phi) is 5.43. The van der Waals surface area contributed by atoms with Crippen molar-refractivity contribution < 1.29 is 4.79 Å². The average molecular weight is 391 g/mol. The summed E-state index contributed by atoms with van der Waals surface area (Å²) in [5.74, 6) is -0.377. The number of amides is 1. The van der Waals surface area contributed by atoms with Gasteiger partial charge in [-0.2, -0.15) is 0 Å². The third kappa shape index (κ3) is 4.07. The number of aryl methyl sites for hydroxylation is 1. The fourth-order valence-electron chi connectivity index (χ4n) is 4.52. The highest BCUT2D eigenvalue weighted by atomic mass is 16.1. The lowest BCUT2D eigenvalue weighted by Crippen LogP contribution is -2.49. The number of carbonyl (C=O) groups excluding carboxylic acids is 1. The fraction of sp³-hybridized carbons (Fsp3) is 0.375. The van der Waals surface area contributed by atoms with Crippen molar-refractivity contribution in [2.24, 2.45) is 5.73 Å². The molecular weight excluding hydrogens is 360 g/mol. The summed E-state index contributed by atoms with van der Waals surface area (Å²) < 4.78 is 0. The second-order valence-electron chi connectivity index (χ2n) is 8.42. The Morgan fingerprint density at radius 1 is 1.17 bits per heavy atom. The van der Waals surface area contributed by atoms with Gasteiger partial charge in [-0.25, -0.2) is 0 Å². The van der Waals surface area contributed by atoms with Crippen molar-refractivity contribution in [2.75, 3.05) is 39.8 Å². The monoisotopic (exact) mass is 390 g/mol. The molecule has 0 spiro atoms. The van der Waals surface area contributed by atoms with E-state index >= 15 is 0 Å². The van der Waals surface area contributed by atoms with Crippen LogP contribution in [0.2, 0.25) is 0 Å². The molecule has 1 amide bonds. The lowest BCUT2D eigenvalue weighted by molar-refractivity contribution is 0.1000. The molecule has 29 heavy (non-hydrogen) atoms. The second kappa shape index (κ2) is 8.01.